The van der Waals surface area contributed by atoms with E-state index in [0.717, 1.165) is 11.6 Å². The van der Waals surface area contributed by atoms with Crippen molar-refractivity contribution in [1.29, 1.82) is 0 Å². The lowest BCUT2D eigenvalue weighted by molar-refractivity contribution is 0.497. The summed E-state index contributed by atoms with van der Waals surface area (Å²) in [6.07, 6.45) is 0. The Hall–Kier alpha value is -0.200. The Balaban J connectivity index is 1.88. The van der Waals surface area contributed by atoms with Crippen LogP contribution in [0.3, 0.4) is 0 Å². The molecule has 0 amide bonds. The molecule has 0 bridgehead atoms. The highest BCUT2D eigenvalue weighted by Gasteiger charge is 2.18. The number of aryl methyl sites for hydroxylation is 1. The van der Waals surface area contributed by atoms with Crippen molar-refractivity contribution in [2.75, 3.05) is 23.0 Å². The average Bonchev–Trinajstić information content (AvgIpc) is 2.54. The van der Waals surface area contributed by atoms with Crippen LogP contribution in [-0.4, -0.2) is 44.2 Å². The van der Waals surface area contributed by atoms with Gasteiger partial charge in [-0.1, -0.05) is 0 Å². The fourth-order valence-corrected chi connectivity index (χ4v) is 4.12. The Kier molecular flexibility index (Phi) is 4.55. The Labute approximate surface area is 105 Å². The summed E-state index contributed by atoms with van der Waals surface area (Å²) in [5.74, 6) is 6.69. The number of nitrogens with zero attached hydrogens (tertiary/aromatic N) is 2. The minimum atomic E-state index is 0.231. The second kappa shape index (κ2) is 5.93. The van der Waals surface area contributed by atoms with Crippen molar-refractivity contribution in [2.45, 2.75) is 25.9 Å². The highest BCUT2D eigenvalue weighted by atomic mass is 32.2. The van der Waals surface area contributed by atoms with Gasteiger partial charge < -0.3 is 5.32 Å². The molecule has 1 aromatic rings. The molecule has 16 heavy (non-hydrogen) atoms. The molecule has 6 heteroatoms. The number of hydrogen-bond acceptors (Lipinski definition) is 5. The van der Waals surface area contributed by atoms with Crippen molar-refractivity contribution in [3.8, 4) is 0 Å². The second-order valence-electron chi connectivity index (χ2n) is 4.01. The maximum Gasteiger partial charge on any atom is 0.167 e. The fourth-order valence-electron chi connectivity index (χ4n) is 1.70. The van der Waals surface area contributed by atoms with Crippen molar-refractivity contribution >= 4 is 23.5 Å². The van der Waals surface area contributed by atoms with Gasteiger partial charge in [-0.15, -0.1) is 0 Å². The van der Waals surface area contributed by atoms with Crippen LogP contribution in [0.25, 0.3) is 0 Å². The van der Waals surface area contributed by atoms with Crippen molar-refractivity contribution in [1.82, 2.24) is 20.5 Å². The van der Waals surface area contributed by atoms with Gasteiger partial charge >= 0.3 is 0 Å². The first-order valence-electron chi connectivity index (χ1n) is 5.56. The Morgan fingerprint density at radius 3 is 2.62 bits per heavy atom. The molecule has 1 fully saturated rings. The van der Waals surface area contributed by atoms with Crippen molar-refractivity contribution in [2.24, 2.45) is 0 Å². The van der Waals surface area contributed by atoms with Gasteiger partial charge in [0.05, 0.1) is 6.04 Å². The van der Waals surface area contributed by atoms with E-state index in [1.165, 1.54) is 23.0 Å². The van der Waals surface area contributed by atoms with E-state index in [-0.39, 0.29) is 6.04 Å². The van der Waals surface area contributed by atoms with Gasteiger partial charge in [-0.05, 0) is 13.8 Å². The van der Waals surface area contributed by atoms with E-state index in [9.17, 15) is 0 Å². The summed E-state index contributed by atoms with van der Waals surface area (Å²) in [5, 5.41) is 10.7. The third kappa shape index (κ3) is 3.40. The summed E-state index contributed by atoms with van der Waals surface area (Å²) >= 11 is 4.07. The molecule has 4 nitrogen and oxygen atoms in total. The maximum atomic E-state index is 4.36. The molecule has 1 aliphatic heterocycles. The van der Waals surface area contributed by atoms with E-state index in [2.05, 4.69) is 27.4 Å². The molecule has 90 valence electrons. The number of rotatable bonds is 3. The highest BCUT2D eigenvalue weighted by molar-refractivity contribution is 8.03. The smallest absolute Gasteiger partial charge is 0.167 e. The number of H-pyrrole nitrogens is 1. The average molecular weight is 258 g/mol. The van der Waals surface area contributed by atoms with Gasteiger partial charge in [-0.3, -0.25) is 5.10 Å². The first-order chi connectivity index (χ1) is 7.75. The molecular formula is C10H18N4S2. The monoisotopic (exact) mass is 258 g/mol. The van der Waals surface area contributed by atoms with Gasteiger partial charge in [0, 0.05) is 29.1 Å². The predicted molar refractivity (Wildman–Crippen MR) is 71.1 cm³/mol. The van der Waals surface area contributed by atoms with Crippen LogP contribution in [0.2, 0.25) is 0 Å². The van der Waals surface area contributed by atoms with Crippen LogP contribution in [0.5, 0.6) is 0 Å². The van der Waals surface area contributed by atoms with Gasteiger partial charge in [-0.2, -0.15) is 28.6 Å². The summed E-state index contributed by atoms with van der Waals surface area (Å²) in [6, 6.07) is 0.806. The van der Waals surface area contributed by atoms with Gasteiger partial charge in [0.25, 0.3) is 0 Å². The first kappa shape index (κ1) is 12.3. The minimum Gasteiger partial charge on any atom is -0.303 e. The lowest BCUT2D eigenvalue weighted by Gasteiger charge is -2.19. The van der Waals surface area contributed by atoms with E-state index in [1.54, 1.807) is 0 Å². The number of aromatic amines is 1. The number of thioether (sulfide) groups is 2. The summed E-state index contributed by atoms with van der Waals surface area (Å²) in [5.41, 5.74) is 0. The molecule has 0 unspecified atom stereocenters. The number of nitrogens with one attached hydrogen (secondary N) is 2. The molecule has 1 saturated heterocycles. The van der Waals surface area contributed by atoms with E-state index in [0.29, 0.717) is 6.04 Å². The Morgan fingerprint density at radius 1 is 1.38 bits per heavy atom. The molecule has 1 aromatic heterocycles. The van der Waals surface area contributed by atoms with Crippen LogP contribution >= 0.6 is 23.5 Å². The minimum absolute atomic E-state index is 0.231. The van der Waals surface area contributed by atoms with E-state index in [4.69, 9.17) is 0 Å². The molecule has 0 saturated carbocycles. The fraction of sp³-hybridized carbons (Fsp3) is 0.800. The molecule has 1 aliphatic rings. The molecule has 0 spiro atoms. The van der Waals surface area contributed by atoms with Crippen LogP contribution in [0.1, 0.15) is 24.6 Å². The molecule has 2 N–H and O–H groups in total. The zero-order chi connectivity index (χ0) is 11.4. The van der Waals surface area contributed by atoms with Crippen LogP contribution in [0, 0.1) is 6.92 Å². The highest BCUT2D eigenvalue weighted by Crippen LogP contribution is 2.18. The standard InChI is InChI=1S/C10H18N4S2/c1-7(10-12-8(2)13-14-10)11-9-5-15-3-4-16-6-9/h7,9,11H,3-6H2,1-2H3,(H,12,13,14)/t7-/m1/s1. The van der Waals surface area contributed by atoms with E-state index >= 15 is 0 Å². The SMILES string of the molecule is Cc1nc([C@@H](C)NC2CSCCSC2)n[nH]1. The molecule has 2 rings (SSSR count). The third-order valence-corrected chi connectivity index (χ3v) is 5.02. The van der Waals surface area contributed by atoms with Gasteiger partial charge in [-0.25, -0.2) is 4.98 Å². The molecule has 1 atom stereocenters. The van der Waals surface area contributed by atoms with Crippen molar-refractivity contribution in [3.05, 3.63) is 11.6 Å². The maximum absolute atomic E-state index is 4.36. The zero-order valence-electron chi connectivity index (χ0n) is 9.69. The lowest BCUT2D eigenvalue weighted by Crippen LogP contribution is -2.35. The molecule has 2 heterocycles. The Morgan fingerprint density at radius 2 is 2.06 bits per heavy atom. The van der Waals surface area contributed by atoms with E-state index in [1.807, 2.05) is 30.4 Å². The normalized spacial score (nSPS) is 20.6. The van der Waals surface area contributed by atoms with E-state index < -0.39 is 0 Å². The quantitative estimate of drug-likeness (QED) is 0.863. The third-order valence-electron chi connectivity index (χ3n) is 2.50. The summed E-state index contributed by atoms with van der Waals surface area (Å²) in [7, 11) is 0. The first-order valence-corrected chi connectivity index (χ1v) is 7.87. The second-order valence-corrected chi connectivity index (χ2v) is 6.31. The molecule has 0 aliphatic carbocycles. The molecule has 0 aromatic carbocycles. The van der Waals surface area contributed by atoms with Crippen LogP contribution in [0.4, 0.5) is 0 Å². The largest absolute Gasteiger partial charge is 0.303 e. The van der Waals surface area contributed by atoms with Crippen molar-refractivity contribution < 1.29 is 0 Å². The number of hydrogen-bond donors (Lipinski definition) is 2. The molecular weight excluding hydrogens is 240 g/mol. The van der Waals surface area contributed by atoms with Crippen LogP contribution in [0.15, 0.2) is 0 Å². The summed E-state index contributed by atoms with van der Waals surface area (Å²) < 4.78 is 0. The van der Waals surface area contributed by atoms with Crippen LogP contribution < -0.4 is 5.32 Å². The Bertz CT molecular complexity index is 320. The topological polar surface area (TPSA) is 53.6 Å². The number of aromatic nitrogens is 3. The lowest BCUT2D eigenvalue weighted by atomic mass is 10.2. The van der Waals surface area contributed by atoms with Gasteiger partial charge in [0.2, 0.25) is 0 Å². The van der Waals surface area contributed by atoms with Crippen LogP contribution in [-0.2, 0) is 0 Å². The zero-order valence-corrected chi connectivity index (χ0v) is 11.3. The summed E-state index contributed by atoms with van der Waals surface area (Å²) in [4.78, 5) is 4.36. The van der Waals surface area contributed by atoms with Gasteiger partial charge in [0.1, 0.15) is 5.82 Å². The molecule has 0 radical (unpaired) electrons. The van der Waals surface area contributed by atoms with Gasteiger partial charge in [0.15, 0.2) is 5.82 Å². The van der Waals surface area contributed by atoms with Crippen molar-refractivity contribution in [3.63, 3.8) is 0 Å². The summed E-state index contributed by atoms with van der Waals surface area (Å²) in [6.45, 7) is 4.06. The predicted octanol–water partition coefficient (Wildman–Crippen LogP) is 1.61.